The lowest BCUT2D eigenvalue weighted by atomic mass is 9.88. The maximum absolute atomic E-state index is 5.55. The number of benzene rings is 2. The Hall–Kier alpha value is -1.45. The fourth-order valence-corrected chi connectivity index (χ4v) is 2.79. The van der Waals surface area contributed by atoms with Gasteiger partial charge in [-0.2, -0.15) is 0 Å². The molecule has 18 heavy (non-hydrogen) atoms. The third-order valence-corrected chi connectivity index (χ3v) is 4.05. The minimum absolute atomic E-state index is 0.553. The third-order valence-electron chi connectivity index (χ3n) is 3.51. The summed E-state index contributed by atoms with van der Waals surface area (Å²) in [6.45, 7) is 1.01. The largest absolute Gasteiger partial charge is 0.384 e. The first kappa shape index (κ1) is 11.6. The first-order chi connectivity index (χ1) is 8.86. The van der Waals surface area contributed by atoms with E-state index in [1.807, 2.05) is 0 Å². The van der Waals surface area contributed by atoms with Crippen LogP contribution in [0.15, 0.2) is 53.4 Å². The van der Waals surface area contributed by atoms with Gasteiger partial charge in [0.1, 0.15) is 0 Å². The van der Waals surface area contributed by atoms with E-state index in [9.17, 15) is 0 Å². The van der Waals surface area contributed by atoms with Crippen molar-refractivity contribution in [1.82, 2.24) is 0 Å². The van der Waals surface area contributed by atoms with Crippen molar-refractivity contribution in [2.45, 2.75) is 17.2 Å². The van der Waals surface area contributed by atoms with E-state index in [1.165, 1.54) is 28.8 Å². The van der Waals surface area contributed by atoms with Gasteiger partial charge in [0.25, 0.3) is 0 Å². The van der Waals surface area contributed by atoms with Gasteiger partial charge in [-0.1, -0.05) is 30.3 Å². The second kappa shape index (κ2) is 5.04. The third kappa shape index (κ3) is 2.24. The number of anilines is 1. The Kier molecular flexibility index (Phi) is 3.26. The number of nitrogens with two attached hydrogens (primary N) is 1. The van der Waals surface area contributed by atoms with Crippen LogP contribution >= 0.6 is 11.9 Å². The van der Waals surface area contributed by atoms with Crippen LogP contribution < -0.4 is 10.5 Å². The second-order valence-corrected chi connectivity index (χ2v) is 5.33. The summed E-state index contributed by atoms with van der Waals surface area (Å²) in [5.41, 5.74) is 4.07. The number of nitrogens with one attached hydrogen (secondary N) is 1. The van der Waals surface area contributed by atoms with Crippen molar-refractivity contribution < 1.29 is 0 Å². The average molecular weight is 256 g/mol. The number of rotatable bonds is 2. The Bertz CT molecular complexity index is 536. The molecule has 2 aromatic carbocycles. The van der Waals surface area contributed by atoms with Gasteiger partial charge in [0.05, 0.1) is 0 Å². The first-order valence-corrected chi connectivity index (χ1v) is 7.03. The lowest BCUT2D eigenvalue weighted by Gasteiger charge is -2.26. The fourth-order valence-electron chi connectivity index (χ4n) is 2.50. The van der Waals surface area contributed by atoms with Crippen LogP contribution in [0.4, 0.5) is 5.69 Å². The van der Waals surface area contributed by atoms with Gasteiger partial charge in [0, 0.05) is 23.0 Å². The number of para-hydroxylation sites is 1. The maximum atomic E-state index is 5.55. The molecule has 0 fully saturated rings. The molecule has 1 aliphatic rings. The Labute approximate surface area is 112 Å². The molecule has 0 bridgehead atoms. The van der Waals surface area contributed by atoms with Gasteiger partial charge < -0.3 is 5.32 Å². The topological polar surface area (TPSA) is 38.0 Å². The second-order valence-electron chi connectivity index (χ2n) is 4.63. The van der Waals surface area contributed by atoms with Crippen LogP contribution in [0.3, 0.4) is 0 Å². The monoisotopic (exact) mass is 256 g/mol. The molecule has 1 heterocycles. The van der Waals surface area contributed by atoms with Crippen molar-refractivity contribution in [2.75, 3.05) is 11.9 Å². The molecule has 0 amide bonds. The zero-order valence-corrected chi connectivity index (χ0v) is 10.9. The predicted octanol–water partition coefficient (Wildman–Crippen LogP) is 3.40. The lowest BCUT2D eigenvalue weighted by Crippen LogP contribution is -2.21. The summed E-state index contributed by atoms with van der Waals surface area (Å²) in [4.78, 5) is 1.11. The van der Waals surface area contributed by atoms with Crippen molar-refractivity contribution in [3.8, 4) is 0 Å². The van der Waals surface area contributed by atoms with E-state index in [2.05, 4.69) is 53.8 Å². The smallest absolute Gasteiger partial charge is 0.0373 e. The lowest BCUT2D eigenvalue weighted by molar-refractivity contribution is 0.694. The molecule has 3 heteroatoms. The van der Waals surface area contributed by atoms with E-state index in [0.717, 1.165) is 17.9 Å². The highest BCUT2D eigenvalue weighted by Gasteiger charge is 2.18. The van der Waals surface area contributed by atoms with Gasteiger partial charge in [0.2, 0.25) is 0 Å². The fraction of sp³-hybridized carbons (Fsp3) is 0.200. The minimum atomic E-state index is 0.553. The molecule has 92 valence electrons. The molecule has 3 rings (SSSR count). The summed E-state index contributed by atoms with van der Waals surface area (Å²) in [6.07, 6.45) is 1.11. The summed E-state index contributed by atoms with van der Waals surface area (Å²) < 4.78 is 0. The van der Waals surface area contributed by atoms with Gasteiger partial charge in [-0.25, -0.2) is 0 Å². The van der Waals surface area contributed by atoms with Gasteiger partial charge >= 0.3 is 0 Å². The molecule has 0 spiro atoms. The minimum Gasteiger partial charge on any atom is -0.384 e. The summed E-state index contributed by atoms with van der Waals surface area (Å²) in [7, 11) is 0. The van der Waals surface area contributed by atoms with E-state index in [0.29, 0.717) is 5.92 Å². The van der Waals surface area contributed by atoms with Crippen molar-refractivity contribution in [3.05, 3.63) is 59.7 Å². The summed E-state index contributed by atoms with van der Waals surface area (Å²) >= 11 is 1.30. The Morgan fingerprint density at radius 1 is 1.06 bits per heavy atom. The molecule has 0 saturated heterocycles. The molecule has 2 aromatic rings. The molecule has 0 aliphatic carbocycles. The van der Waals surface area contributed by atoms with Crippen LogP contribution in [0.5, 0.6) is 0 Å². The van der Waals surface area contributed by atoms with E-state index < -0.39 is 0 Å². The summed E-state index contributed by atoms with van der Waals surface area (Å²) in [6, 6.07) is 17.1. The highest BCUT2D eigenvalue weighted by atomic mass is 32.2. The quantitative estimate of drug-likeness (QED) is 0.809. The van der Waals surface area contributed by atoms with Crippen LogP contribution in [0.2, 0.25) is 0 Å². The first-order valence-electron chi connectivity index (χ1n) is 6.15. The molecule has 3 N–H and O–H groups in total. The maximum Gasteiger partial charge on any atom is 0.0373 e. The van der Waals surface area contributed by atoms with E-state index in [1.54, 1.807) is 0 Å². The van der Waals surface area contributed by atoms with Gasteiger partial charge in [-0.15, -0.1) is 0 Å². The van der Waals surface area contributed by atoms with Crippen molar-refractivity contribution in [1.29, 1.82) is 0 Å². The van der Waals surface area contributed by atoms with Crippen LogP contribution in [-0.4, -0.2) is 6.54 Å². The van der Waals surface area contributed by atoms with E-state index in [4.69, 9.17) is 5.14 Å². The highest BCUT2D eigenvalue weighted by Crippen LogP contribution is 2.30. The standard InChI is InChI=1S/C15H16N2S/c16-18-14-7-5-11(6-8-14)13-9-12-3-1-2-4-15(12)17-10-13/h1-8,13,17H,9-10,16H2. The number of hydrogen-bond donors (Lipinski definition) is 2. The van der Waals surface area contributed by atoms with Crippen LogP contribution in [0.1, 0.15) is 17.0 Å². The normalized spacial score (nSPS) is 17.9. The van der Waals surface area contributed by atoms with Gasteiger partial charge in [-0.05, 0) is 47.7 Å². The van der Waals surface area contributed by atoms with E-state index in [-0.39, 0.29) is 0 Å². The van der Waals surface area contributed by atoms with Crippen LogP contribution in [0.25, 0.3) is 0 Å². The molecule has 1 aliphatic heterocycles. The van der Waals surface area contributed by atoms with Crippen LogP contribution in [-0.2, 0) is 6.42 Å². The molecule has 0 saturated carbocycles. The molecular weight excluding hydrogens is 240 g/mol. The molecule has 2 nitrogen and oxygen atoms in total. The summed E-state index contributed by atoms with van der Waals surface area (Å²) in [5.74, 6) is 0.553. The molecular formula is C15H16N2S. The van der Waals surface area contributed by atoms with Crippen molar-refractivity contribution in [2.24, 2.45) is 5.14 Å². The van der Waals surface area contributed by atoms with E-state index >= 15 is 0 Å². The van der Waals surface area contributed by atoms with Gasteiger partial charge in [-0.3, -0.25) is 5.14 Å². The van der Waals surface area contributed by atoms with Gasteiger partial charge in [0.15, 0.2) is 0 Å². The number of hydrogen-bond acceptors (Lipinski definition) is 3. The Balaban J connectivity index is 1.82. The molecule has 0 aromatic heterocycles. The predicted molar refractivity (Wildman–Crippen MR) is 77.9 cm³/mol. The average Bonchev–Trinajstić information content (AvgIpc) is 2.47. The molecule has 1 unspecified atom stereocenters. The van der Waals surface area contributed by atoms with Crippen molar-refractivity contribution >= 4 is 17.6 Å². The highest BCUT2D eigenvalue weighted by molar-refractivity contribution is 7.97. The SMILES string of the molecule is NSc1ccc(C2CNc3ccccc3C2)cc1. The Morgan fingerprint density at radius 2 is 1.83 bits per heavy atom. The van der Waals surface area contributed by atoms with Crippen molar-refractivity contribution in [3.63, 3.8) is 0 Å². The zero-order valence-electron chi connectivity index (χ0n) is 10.1. The van der Waals surface area contributed by atoms with Crippen LogP contribution in [0, 0.1) is 0 Å². The summed E-state index contributed by atoms with van der Waals surface area (Å²) in [5, 5.41) is 9.06. The zero-order chi connectivity index (χ0) is 12.4. The number of fused-ring (bicyclic) bond motifs is 1. The molecule has 1 atom stereocenters. The Morgan fingerprint density at radius 3 is 2.61 bits per heavy atom. The molecule has 0 radical (unpaired) electrons.